The van der Waals surface area contributed by atoms with Crippen LogP contribution in [0.5, 0.6) is 0 Å². The lowest BCUT2D eigenvalue weighted by atomic mass is 9.85. The molecule has 1 fully saturated rings. The Morgan fingerprint density at radius 3 is 2.79 bits per heavy atom. The van der Waals surface area contributed by atoms with Gasteiger partial charge in [-0.15, -0.1) is 0 Å². The largest absolute Gasteiger partial charge is 0.481 e. The van der Waals surface area contributed by atoms with Crippen LogP contribution in [0, 0.1) is 11.8 Å². The highest BCUT2D eigenvalue weighted by Crippen LogP contribution is 2.23. The van der Waals surface area contributed by atoms with E-state index >= 15 is 0 Å². The van der Waals surface area contributed by atoms with Crippen molar-refractivity contribution in [2.75, 3.05) is 26.7 Å². The number of nitrogens with zero attached hydrogens (tertiary/aromatic N) is 1. The number of carboxylic acids is 1. The van der Waals surface area contributed by atoms with Gasteiger partial charge in [0, 0.05) is 26.4 Å². The van der Waals surface area contributed by atoms with Crippen LogP contribution in [0.15, 0.2) is 0 Å². The Morgan fingerprint density at radius 1 is 1.47 bits per heavy atom. The number of piperidine rings is 1. The minimum Gasteiger partial charge on any atom is -0.481 e. The fourth-order valence-corrected chi connectivity index (χ4v) is 2.55. The molecule has 0 aliphatic carbocycles. The Hall–Kier alpha value is -1.10. The molecule has 1 amide bonds. The number of carboxylic acid groups (broad SMARTS) is 1. The van der Waals surface area contributed by atoms with Gasteiger partial charge in [0.05, 0.1) is 0 Å². The monoisotopic (exact) mass is 270 g/mol. The molecular weight excluding hydrogens is 244 g/mol. The van der Waals surface area contributed by atoms with Crippen molar-refractivity contribution in [1.82, 2.24) is 10.2 Å². The number of hydrogen-bond acceptors (Lipinski definition) is 3. The molecule has 0 radical (unpaired) electrons. The van der Waals surface area contributed by atoms with Crippen LogP contribution in [0.4, 0.5) is 0 Å². The number of amides is 1. The zero-order chi connectivity index (χ0) is 14.3. The molecule has 19 heavy (non-hydrogen) atoms. The van der Waals surface area contributed by atoms with Crippen molar-refractivity contribution in [3.63, 3.8) is 0 Å². The molecule has 1 heterocycles. The molecule has 1 saturated heterocycles. The first-order chi connectivity index (χ1) is 9.00. The molecular formula is C14H26N2O3. The van der Waals surface area contributed by atoms with Crippen molar-refractivity contribution in [1.29, 1.82) is 0 Å². The first-order valence-corrected chi connectivity index (χ1v) is 7.17. The van der Waals surface area contributed by atoms with E-state index in [1.165, 1.54) is 12.8 Å². The van der Waals surface area contributed by atoms with E-state index in [1.54, 1.807) is 11.9 Å². The summed E-state index contributed by atoms with van der Waals surface area (Å²) in [6.07, 6.45) is 3.61. The summed E-state index contributed by atoms with van der Waals surface area (Å²) in [5.41, 5.74) is 0. The van der Waals surface area contributed by atoms with Crippen molar-refractivity contribution in [2.24, 2.45) is 11.8 Å². The molecule has 1 aliphatic rings. The molecule has 0 aromatic carbocycles. The van der Waals surface area contributed by atoms with Crippen LogP contribution in [0.1, 0.15) is 39.0 Å². The molecule has 1 aliphatic heterocycles. The lowest BCUT2D eigenvalue weighted by Crippen LogP contribution is -2.36. The molecule has 0 aromatic heterocycles. The third-order valence-corrected chi connectivity index (χ3v) is 3.95. The highest BCUT2D eigenvalue weighted by atomic mass is 16.4. The second-order valence-corrected chi connectivity index (χ2v) is 5.60. The van der Waals surface area contributed by atoms with Gasteiger partial charge in [-0.05, 0) is 44.2 Å². The average molecular weight is 270 g/mol. The summed E-state index contributed by atoms with van der Waals surface area (Å²) in [6, 6.07) is 0. The maximum Gasteiger partial charge on any atom is 0.303 e. The van der Waals surface area contributed by atoms with Crippen LogP contribution in [0.25, 0.3) is 0 Å². The van der Waals surface area contributed by atoms with Gasteiger partial charge >= 0.3 is 5.97 Å². The van der Waals surface area contributed by atoms with E-state index in [4.69, 9.17) is 5.11 Å². The number of hydrogen-bond donors (Lipinski definition) is 2. The molecule has 2 N–H and O–H groups in total. The number of carbonyl (C=O) groups excluding carboxylic acids is 1. The molecule has 0 bridgehead atoms. The maximum absolute atomic E-state index is 12.0. The Balaban J connectivity index is 2.26. The van der Waals surface area contributed by atoms with Crippen molar-refractivity contribution >= 4 is 11.9 Å². The lowest BCUT2D eigenvalue weighted by molar-refractivity contribution is -0.138. The van der Waals surface area contributed by atoms with Gasteiger partial charge in [-0.25, -0.2) is 0 Å². The predicted octanol–water partition coefficient (Wildman–Crippen LogP) is 1.34. The summed E-state index contributed by atoms with van der Waals surface area (Å²) < 4.78 is 0. The third kappa shape index (κ3) is 6.05. The van der Waals surface area contributed by atoms with Gasteiger partial charge in [0.15, 0.2) is 0 Å². The maximum atomic E-state index is 12.0. The standard InChI is InChI=1S/C14H26N2O3/c1-11(12-5-3-7-15-10-12)9-13(17)16(2)8-4-6-14(18)19/h11-12,15H,3-10H2,1-2H3,(H,18,19). The molecule has 0 saturated carbocycles. The van der Waals surface area contributed by atoms with Crippen LogP contribution < -0.4 is 5.32 Å². The van der Waals surface area contributed by atoms with E-state index in [0.717, 1.165) is 13.1 Å². The van der Waals surface area contributed by atoms with Crippen molar-refractivity contribution in [3.05, 3.63) is 0 Å². The first-order valence-electron chi connectivity index (χ1n) is 7.17. The van der Waals surface area contributed by atoms with E-state index < -0.39 is 5.97 Å². The van der Waals surface area contributed by atoms with E-state index in [2.05, 4.69) is 12.2 Å². The Bertz CT molecular complexity index is 301. The Morgan fingerprint density at radius 2 is 2.21 bits per heavy atom. The predicted molar refractivity (Wildman–Crippen MR) is 73.9 cm³/mol. The lowest BCUT2D eigenvalue weighted by Gasteiger charge is -2.29. The summed E-state index contributed by atoms with van der Waals surface area (Å²) in [5, 5.41) is 11.9. The van der Waals surface area contributed by atoms with Crippen LogP contribution in [-0.4, -0.2) is 48.6 Å². The molecule has 2 unspecified atom stereocenters. The van der Waals surface area contributed by atoms with E-state index in [9.17, 15) is 9.59 Å². The van der Waals surface area contributed by atoms with Crippen molar-refractivity contribution < 1.29 is 14.7 Å². The highest BCUT2D eigenvalue weighted by Gasteiger charge is 2.23. The van der Waals surface area contributed by atoms with Gasteiger partial charge in [0.1, 0.15) is 0 Å². The summed E-state index contributed by atoms with van der Waals surface area (Å²) in [4.78, 5) is 24.1. The van der Waals surface area contributed by atoms with E-state index in [-0.39, 0.29) is 12.3 Å². The highest BCUT2D eigenvalue weighted by molar-refractivity contribution is 5.76. The number of carbonyl (C=O) groups is 2. The molecule has 0 aromatic rings. The van der Waals surface area contributed by atoms with E-state index in [1.807, 2.05) is 0 Å². The van der Waals surface area contributed by atoms with Gasteiger partial charge in [0.2, 0.25) is 5.91 Å². The van der Waals surface area contributed by atoms with Crippen molar-refractivity contribution in [2.45, 2.75) is 39.0 Å². The number of rotatable bonds is 7. The fraction of sp³-hybridized carbons (Fsp3) is 0.857. The van der Waals surface area contributed by atoms with Gasteiger partial charge in [-0.3, -0.25) is 9.59 Å². The molecule has 110 valence electrons. The van der Waals surface area contributed by atoms with Gasteiger partial charge < -0.3 is 15.3 Å². The minimum absolute atomic E-state index is 0.125. The fourth-order valence-electron chi connectivity index (χ4n) is 2.55. The van der Waals surface area contributed by atoms with Gasteiger partial charge in [-0.2, -0.15) is 0 Å². The molecule has 2 atom stereocenters. The second kappa shape index (κ2) is 8.15. The summed E-state index contributed by atoms with van der Waals surface area (Å²) in [7, 11) is 1.76. The topological polar surface area (TPSA) is 69.6 Å². The Labute approximate surface area is 115 Å². The summed E-state index contributed by atoms with van der Waals surface area (Å²) in [6.45, 7) is 4.77. The summed E-state index contributed by atoms with van der Waals surface area (Å²) >= 11 is 0. The van der Waals surface area contributed by atoms with Crippen molar-refractivity contribution in [3.8, 4) is 0 Å². The molecule has 5 nitrogen and oxygen atoms in total. The number of nitrogens with one attached hydrogen (secondary N) is 1. The second-order valence-electron chi connectivity index (χ2n) is 5.60. The van der Waals surface area contributed by atoms with Crippen LogP contribution in [0.3, 0.4) is 0 Å². The zero-order valence-corrected chi connectivity index (χ0v) is 12.0. The molecule has 0 spiro atoms. The quantitative estimate of drug-likeness (QED) is 0.732. The third-order valence-electron chi connectivity index (χ3n) is 3.95. The van der Waals surface area contributed by atoms with Crippen LogP contribution in [-0.2, 0) is 9.59 Å². The summed E-state index contributed by atoms with van der Waals surface area (Å²) in [5.74, 6) is 0.304. The number of aliphatic carboxylic acids is 1. The smallest absolute Gasteiger partial charge is 0.303 e. The molecule has 1 rings (SSSR count). The average Bonchev–Trinajstić information content (AvgIpc) is 2.39. The van der Waals surface area contributed by atoms with Gasteiger partial charge in [0.25, 0.3) is 0 Å². The minimum atomic E-state index is -0.803. The van der Waals surface area contributed by atoms with E-state index in [0.29, 0.717) is 31.2 Å². The first kappa shape index (κ1) is 16.0. The van der Waals surface area contributed by atoms with Gasteiger partial charge in [-0.1, -0.05) is 6.92 Å². The zero-order valence-electron chi connectivity index (χ0n) is 12.0. The Kier molecular flexibility index (Phi) is 6.84. The van der Waals surface area contributed by atoms with Crippen LogP contribution >= 0.6 is 0 Å². The normalized spacial score (nSPS) is 20.8. The van der Waals surface area contributed by atoms with Crippen LogP contribution in [0.2, 0.25) is 0 Å². The SMILES string of the molecule is CC(CC(=O)N(C)CCCC(=O)O)C1CCCNC1. The molecule has 5 heteroatoms.